The second-order valence-electron chi connectivity index (χ2n) is 6.18. The summed E-state index contributed by atoms with van der Waals surface area (Å²) in [6.45, 7) is 1.86. The quantitative estimate of drug-likeness (QED) is 0.554. The summed E-state index contributed by atoms with van der Waals surface area (Å²) in [5.74, 6) is -0.220. The van der Waals surface area contributed by atoms with E-state index in [1.54, 1.807) is 11.3 Å². The van der Waals surface area contributed by atoms with Crippen LogP contribution in [0.15, 0.2) is 64.3 Å². The van der Waals surface area contributed by atoms with Crippen molar-refractivity contribution in [1.82, 2.24) is 14.9 Å². The van der Waals surface area contributed by atoms with E-state index in [9.17, 15) is 9.59 Å². The molecule has 0 spiro atoms. The van der Waals surface area contributed by atoms with Gasteiger partial charge in [-0.3, -0.25) is 14.2 Å². The Morgan fingerprint density at radius 2 is 2.00 bits per heavy atom. The molecule has 0 aliphatic heterocycles. The number of carbonyl (C=O) groups excluding carboxylic acids is 1. The molecule has 1 atom stereocenters. The van der Waals surface area contributed by atoms with Crippen LogP contribution in [-0.2, 0) is 11.3 Å². The number of amides is 1. The number of benzene rings is 1. The summed E-state index contributed by atoms with van der Waals surface area (Å²) < 4.78 is 1.37. The summed E-state index contributed by atoms with van der Waals surface area (Å²) in [6.07, 6.45) is 1.45. The first-order valence-electron chi connectivity index (χ1n) is 8.48. The van der Waals surface area contributed by atoms with Crippen LogP contribution in [0.25, 0.3) is 20.7 Å². The van der Waals surface area contributed by atoms with Crippen molar-refractivity contribution in [3.8, 4) is 10.4 Å². The standard InChI is InChI=1S/C20H17N3O2S2/c1-13(14-6-3-2-4-7-14)22-17(24)10-23-12-21-19-18(20(23)25)15(11-27-19)16-8-5-9-26-16/h2-9,11-13H,10H2,1H3,(H,22,24). The molecule has 3 aromatic heterocycles. The highest BCUT2D eigenvalue weighted by molar-refractivity contribution is 7.18. The highest BCUT2D eigenvalue weighted by Gasteiger charge is 2.16. The van der Waals surface area contributed by atoms with Gasteiger partial charge >= 0.3 is 0 Å². The fourth-order valence-corrected chi connectivity index (χ4v) is 4.68. The largest absolute Gasteiger partial charge is 0.348 e. The smallest absolute Gasteiger partial charge is 0.263 e. The topological polar surface area (TPSA) is 64.0 Å². The SMILES string of the molecule is CC(NC(=O)Cn1cnc2scc(-c3cccs3)c2c1=O)c1ccccc1. The first kappa shape index (κ1) is 17.6. The average Bonchev–Trinajstić information content (AvgIpc) is 3.34. The van der Waals surface area contributed by atoms with E-state index in [0.717, 1.165) is 16.0 Å². The summed E-state index contributed by atoms with van der Waals surface area (Å²) in [5, 5.41) is 7.44. The Morgan fingerprint density at radius 3 is 2.74 bits per heavy atom. The van der Waals surface area contributed by atoms with Gasteiger partial charge in [0.25, 0.3) is 5.56 Å². The van der Waals surface area contributed by atoms with Crippen molar-refractivity contribution in [2.45, 2.75) is 19.5 Å². The van der Waals surface area contributed by atoms with Crippen molar-refractivity contribution in [2.75, 3.05) is 0 Å². The minimum Gasteiger partial charge on any atom is -0.348 e. The zero-order valence-corrected chi connectivity index (χ0v) is 16.2. The number of hydrogen-bond donors (Lipinski definition) is 1. The van der Waals surface area contributed by atoms with Gasteiger partial charge in [-0.2, -0.15) is 0 Å². The summed E-state index contributed by atoms with van der Waals surface area (Å²) >= 11 is 3.02. The van der Waals surface area contributed by atoms with Gasteiger partial charge in [0.05, 0.1) is 17.8 Å². The lowest BCUT2D eigenvalue weighted by Gasteiger charge is -2.14. The van der Waals surface area contributed by atoms with E-state index in [1.807, 2.05) is 60.1 Å². The van der Waals surface area contributed by atoms with E-state index in [1.165, 1.54) is 22.2 Å². The first-order chi connectivity index (χ1) is 13.1. The van der Waals surface area contributed by atoms with E-state index in [4.69, 9.17) is 0 Å². The predicted octanol–water partition coefficient (Wildman–Crippen LogP) is 4.06. The molecule has 4 aromatic rings. The van der Waals surface area contributed by atoms with Crippen LogP contribution in [0.5, 0.6) is 0 Å². The van der Waals surface area contributed by atoms with Gasteiger partial charge in [0.1, 0.15) is 11.4 Å². The Balaban J connectivity index is 1.59. The summed E-state index contributed by atoms with van der Waals surface area (Å²) in [7, 11) is 0. The zero-order chi connectivity index (χ0) is 18.8. The monoisotopic (exact) mass is 395 g/mol. The fourth-order valence-electron chi connectivity index (χ4n) is 2.96. The third-order valence-electron chi connectivity index (χ3n) is 4.34. The molecule has 0 fully saturated rings. The summed E-state index contributed by atoms with van der Waals surface area (Å²) in [4.78, 5) is 31.5. The van der Waals surface area contributed by atoms with Crippen LogP contribution in [0.1, 0.15) is 18.5 Å². The Labute approximate surface area is 163 Å². The molecular weight excluding hydrogens is 378 g/mol. The van der Waals surface area contributed by atoms with Gasteiger partial charge in [-0.1, -0.05) is 36.4 Å². The van der Waals surface area contributed by atoms with E-state index < -0.39 is 0 Å². The normalized spacial score (nSPS) is 12.2. The van der Waals surface area contributed by atoms with Gasteiger partial charge < -0.3 is 5.32 Å². The molecule has 3 heterocycles. The fraction of sp³-hybridized carbons (Fsp3) is 0.150. The van der Waals surface area contributed by atoms with Crippen molar-refractivity contribution in [3.05, 3.63) is 75.5 Å². The van der Waals surface area contributed by atoms with Gasteiger partial charge in [0, 0.05) is 15.8 Å². The minimum absolute atomic E-state index is 0.0569. The Bertz CT molecular complexity index is 1130. The average molecular weight is 396 g/mol. The van der Waals surface area contributed by atoms with Gasteiger partial charge in [0.15, 0.2) is 0 Å². The van der Waals surface area contributed by atoms with Crippen LogP contribution in [-0.4, -0.2) is 15.5 Å². The van der Waals surface area contributed by atoms with Crippen LogP contribution >= 0.6 is 22.7 Å². The second-order valence-corrected chi connectivity index (χ2v) is 7.99. The maximum absolute atomic E-state index is 13.0. The van der Waals surface area contributed by atoms with E-state index in [0.29, 0.717) is 10.2 Å². The molecule has 0 radical (unpaired) electrons. The maximum Gasteiger partial charge on any atom is 0.263 e. The highest BCUT2D eigenvalue weighted by atomic mass is 32.1. The van der Waals surface area contributed by atoms with Gasteiger partial charge in [-0.15, -0.1) is 22.7 Å². The molecule has 0 aliphatic rings. The number of rotatable bonds is 5. The molecular formula is C20H17N3O2S2. The molecule has 0 saturated carbocycles. The Kier molecular flexibility index (Phi) is 4.87. The van der Waals surface area contributed by atoms with Crippen LogP contribution < -0.4 is 10.9 Å². The minimum atomic E-state index is -0.220. The number of nitrogens with one attached hydrogen (secondary N) is 1. The van der Waals surface area contributed by atoms with Crippen molar-refractivity contribution >= 4 is 38.8 Å². The summed E-state index contributed by atoms with van der Waals surface area (Å²) in [6, 6.07) is 13.5. The molecule has 27 heavy (non-hydrogen) atoms. The third kappa shape index (κ3) is 3.56. The number of carbonyl (C=O) groups is 1. The predicted molar refractivity (Wildman–Crippen MR) is 110 cm³/mol. The Hall–Kier alpha value is -2.77. The number of hydrogen-bond acceptors (Lipinski definition) is 5. The zero-order valence-electron chi connectivity index (χ0n) is 14.6. The molecule has 1 unspecified atom stereocenters. The van der Waals surface area contributed by atoms with Crippen molar-refractivity contribution < 1.29 is 4.79 Å². The number of thiophene rings is 2. The Morgan fingerprint density at radius 1 is 1.19 bits per heavy atom. The van der Waals surface area contributed by atoms with Gasteiger partial charge in [-0.05, 0) is 23.9 Å². The molecule has 1 amide bonds. The van der Waals surface area contributed by atoms with Gasteiger partial charge in [0.2, 0.25) is 5.91 Å². The van der Waals surface area contributed by atoms with Gasteiger partial charge in [-0.25, -0.2) is 4.98 Å². The highest BCUT2D eigenvalue weighted by Crippen LogP contribution is 2.33. The van der Waals surface area contributed by atoms with Crippen molar-refractivity contribution in [1.29, 1.82) is 0 Å². The molecule has 136 valence electrons. The van der Waals surface area contributed by atoms with Crippen molar-refractivity contribution in [3.63, 3.8) is 0 Å². The lowest BCUT2D eigenvalue weighted by Crippen LogP contribution is -2.33. The third-order valence-corrected chi connectivity index (χ3v) is 6.13. The van der Waals surface area contributed by atoms with Crippen LogP contribution in [0, 0.1) is 0 Å². The number of aromatic nitrogens is 2. The molecule has 0 aliphatic carbocycles. The lowest BCUT2D eigenvalue weighted by atomic mass is 10.1. The number of nitrogens with zero attached hydrogens (tertiary/aromatic N) is 2. The molecule has 1 aromatic carbocycles. The molecule has 0 saturated heterocycles. The lowest BCUT2D eigenvalue weighted by molar-refractivity contribution is -0.122. The molecule has 0 bridgehead atoms. The van der Waals surface area contributed by atoms with E-state index in [-0.39, 0.29) is 24.1 Å². The second kappa shape index (κ2) is 7.46. The number of fused-ring (bicyclic) bond motifs is 1. The van der Waals surface area contributed by atoms with E-state index >= 15 is 0 Å². The molecule has 4 rings (SSSR count). The molecule has 5 nitrogen and oxygen atoms in total. The first-order valence-corrected chi connectivity index (χ1v) is 10.2. The van der Waals surface area contributed by atoms with Crippen LogP contribution in [0.3, 0.4) is 0 Å². The van der Waals surface area contributed by atoms with Crippen molar-refractivity contribution in [2.24, 2.45) is 0 Å². The summed E-state index contributed by atoms with van der Waals surface area (Å²) in [5.41, 5.74) is 1.71. The molecule has 1 N–H and O–H groups in total. The van der Waals surface area contributed by atoms with E-state index in [2.05, 4.69) is 10.3 Å². The van der Waals surface area contributed by atoms with Crippen LogP contribution in [0.2, 0.25) is 0 Å². The van der Waals surface area contributed by atoms with Crippen LogP contribution in [0.4, 0.5) is 0 Å². The maximum atomic E-state index is 13.0. The molecule has 7 heteroatoms.